The van der Waals surface area contributed by atoms with E-state index in [0.29, 0.717) is 16.6 Å². The third kappa shape index (κ3) is 8.06. The van der Waals surface area contributed by atoms with Gasteiger partial charge in [-0.2, -0.15) is 0 Å². The molecule has 0 heterocycles. The first-order chi connectivity index (χ1) is 11.0. The van der Waals surface area contributed by atoms with Gasteiger partial charge in [0.05, 0.1) is 0 Å². The molecule has 0 rings (SSSR count). The van der Waals surface area contributed by atoms with E-state index in [9.17, 15) is 0 Å². The monoisotopic (exact) mass is 384 g/mol. The van der Waals surface area contributed by atoms with Gasteiger partial charge in [0.15, 0.2) is 0 Å². The second kappa shape index (κ2) is 11.0. The van der Waals surface area contributed by atoms with Gasteiger partial charge in [0.1, 0.15) is 8.07 Å². The van der Waals surface area contributed by atoms with Crippen molar-refractivity contribution in [1.82, 2.24) is 0 Å². The van der Waals surface area contributed by atoms with E-state index in [1.54, 1.807) is 0 Å². The first-order valence-corrected chi connectivity index (χ1v) is 13.5. The van der Waals surface area contributed by atoms with Gasteiger partial charge in [-0.05, 0) is 28.8 Å². The van der Waals surface area contributed by atoms with Gasteiger partial charge in [-0.1, -0.05) is 81.6 Å². The molecule has 0 nitrogen and oxygen atoms in total. The second-order valence-corrected chi connectivity index (χ2v) is 17.4. The standard InChI is InChI=1S/C21H40S2Si/c1-11-12-15-22-20(23-21(8,9)10)14-13-16-24(17(2)3,18(4)5)19(6)7/h14,17-19H,11-12,15H2,1-10H3/b20-14+. The van der Waals surface area contributed by atoms with E-state index in [1.165, 1.54) is 22.8 Å². The van der Waals surface area contributed by atoms with Gasteiger partial charge in [0, 0.05) is 15.1 Å². The Morgan fingerprint density at radius 3 is 1.88 bits per heavy atom. The fraction of sp³-hybridized carbons (Fsp3) is 0.810. The van der Waals surface area contributed by atoms with Crippen LogP contribution < -0.4 is 0 Å². The molecule has 0 aliphatic carbocycles. The molecule has 0 aromatic carbocycles. The van der Waals surface area contributed by atoms with Crippen LogP contribution in [-0.4, -0.2) is 18.6 Å². The van der Waals surface area contributed by atoms with Crippen molar-refractivity contribution >= 4 is 31.6 Å². The maximum atomic E-state index is 3.82. The highest BCUT2D eigenvalue weighted by Crippen LogP contribution is 2.41. The Labute approximate surface area is 162 Å². The summed E-state index contributed by atoms with van der Waals surface area (Å²) in [6.45, 7) is 23.4. The summed E-state index contributed by atoms with van der Waals surface area (Å²) >= 11 is 3.95. The van der Waals surface area contributed by atoms with Crippen LogP contribution in [0.3, 0.4) is 0 Å². The van der Waals surface area contributed by atoms with Crippen molar-refractivity contribution in [3.63, 3.8) is 0 Å². The highest BCUT2D eigenvalue weighted by atomic mass is 32.2. The number of thioether (sulfide) groups is 2. The number of hydrogen-bond acceptors (Lipinski definition) is 2. The third-order valence-electron chi connectivity index (χ3n) is 4.49. The van der Waals surface area contributed by atoms with E-state index >= 15 is 0 Å². The van der Waals surface area contributed by atoms with Crippen LogP contribution in [0.5, 0.6) is 0 Å². The molecular weight excluding hydrogens is 344 g/mol. The lowest BCUT2D eigenvalue weighted by atomic mass is 10.3. The molecule has 0 amide bonds. The Morgan fingerprint density at radius 2 is 1.50 bits per heavy atom. The zero-order valence-electron chi connectivity index (χ0n) is 17.7. The van der Waals surface area contributed by atoms with Crippen LogP contribution in [0.15, 0.2) is 10.3 Å². The quantitative estimate of drug-likeness (QED) is 0.235. The van der Waals surface area contributed by atoms with Gasteiger partial charge in [-0.15, -0.1) is 29.1 Å². The van der Waals surface area contributed by atoms with Gasteiger partial charge >= 0.3 is 0 Å². The number of rotatable bonds is 8. The van der Waals surface area contributed by atoms with E-state index in [2.05, 4.69) is 86.8 Å². The highest BCUT2D eigenvalue weighted by Gasteiger charge is 2.41. The molecule has 0 aromatic heterocycles. The minimum Gasteiger partial charge on any atom is -0.126 e. The predicted octanol–water partition coefficient (Wildman–Crippen LogP) is 8.11. The lowest BCUT2D eigenvalue weighted by Gasteiger charge is -2.38. The fourth-order valence-electron chi connectivity index (χ4n) is 3.37. The van der Waals surface area contributed by atoms with Gasteiger partial charge in [0.2, 0.25) is 0 Å². The first kappa shape index (κ1) is 24.2. The number of hydrogen-bond donors (Lipinski definition) is 0. The van der Waals surface area contributed by atoms with Crippen LogP contribution in [0, 0.1) is 11.5 Å². The van der Waals surface area contributed by atoms with Crippen molar-refractivity contribution in [2.45, 2.75) is 103 Å². The van der Waals surface area contributed by atoms with Gasteiger partial charge in [-0.3, -0.25) is 0 Å². The minimum absolute atomic E-state index is 0.245. The molecule has 0 unspecified atom stereocenters. The van der Waals surface area contributed by atoms with Crippen LogP contribution in [0.1, 0.15) is 82.1 Å². The summed E-state index contributed by atoms with van der Waals surface area (Å²) in [5.41, 5.74) is 5.92. The third-order valence-corrected chi connectivity index (χ3v) is 13.2. The summed E-state index contributed by atoms with van der Waals surface area (Å²) in [6.07, 6.45) is 4.75. The second-order valence-electron chi connectivity index (χ2n) is 8.55. The molecule has 0 bridgehead atoms. The van der Waals surface area contributed by atoms with Gasteiger partial charge < -0.3 is 0 Å². The minimum atomic E-state index is -1.62. The Kier molecular flexibility index (Phi) is 11.1. The Hall–Kier alpha value is 0.217. The SMILES string of the molecule is CCCCS/C(=C\C#C[Si](C(C)C)(C(C)C)C(C)C)SC(C)(C)C. The zero-order chi connectivity index (χ0) is 19.0. The molecule has 0 fully saturated rings. The number of allylic oxidation sites excluding steroid dienone is 1. The molecule has 0 N–H and O–H groups in total. The molecular formula is C21H40S2Si. The van der Waals surface area contributed by atoms with Crippen LogP contribution in [0.25, 0.3) is 0 Å². The summed E-state index contributed by atoms with van der Waals surface area (Å²) < 4.78 is 1.64. The predicted molar refractivity (Wildman–Crippen MR) is 122 cm³/mol. The van der Waals surface area contributed by atoms with Crippen molar-refractivity contribution in [3.05, 3.63) is 10.3 Å². The average molecular weight is 385 g/mol. The van der Waals surface area contributed by atoms with E-state index in [4.69, 9.17) is 0 Å². The Bertz CT molecular complexity index is 423. The van der Waals surface area contributed by atoms with Crippen LogP contribution in [0.2, 0.25) is 16.6 Å². The summed E-state index contributed by atoms with van der Waals surface area (Å²) in [4.78, 5) is 0. The van der Waals surface area contributed by atoms with Gasteiger partial charge in [0.25, 0.3) is 0 Å². The molecule has 140 valence electrons. The molecule has 3 heteroatoms. The van der Waals surface area contributed by atoms with Crippen molar-refractivity contribution in [2.24, 2.45) is 0 Å². The topological polar surface area (TPSA) is 0 Å². The average Bonchev–Trinajstić information content (AvgIpc) is 2.40. The summed E-state index contributed by atoms with van der Waals surface area (Å²) in [5.74, 6) is 4.73. The van der Waals surface area contributed by atoms with Crippen molar-refractivity contribution in [1.29, 1.82) is 0 Å². The molecule has 0 spiro atoms. The smallest absolute Gasteiger partial charge is 0.126 e. The van der Waals surface area contributed by atoms with Crippen molar-refractivity contribution < 1.29 is 0 Å². The highest BCUT2D eigenvalue weighted by molar-refractivity contribution is 8.22. The number of unbranched alkanes of at least 4 members (excludes halogenated alkanes) is 1. The van der Waals surface area contributed by atoms with Crippen molar-refractivity contribution in [3.8, 4) is 11.5 Å². The normalized spacial score (nSPS) is 13.6. The van der Waals surface area contributed by atoms with E-state index < -0.39 is 8.07 Å². The van der Waals surface area contributed by atoms with Crippen LogP contribution >= 0.6 is 23.5 Å². The summed E-state index contributed by atoms with van der Waals surface area (Å²) in [6, 6.07) is 0. The van der Waals surface area contributed by atoms with E-state index in [0.717, 1.165) is 0 Å². The fourth-order valence-corrected chi connectivity index (χ4v) is 11.3. The lowest BCUT2D eigenvalue weighted by Crippen LogP contribution is -2.43. The Morgan fingerprint density at radius 1 is 1.00 bits per heavy atom. The molecule has 0 saturated carbocycles. The van der Waals surface area contributed by atoms with Crippen LogP contribution in [0.4, 0.5) is 0 Å². The molecule has 0 saturated heterocycles. The molecule has 0 aliphatic heterocycles. The Balaban J connectivity index is 5.52. The maximum absolute atomic E-state index is 3.82. The maximum Gasteiger partial charge on any atom is 0.146 e. The molecule has 0 atom stereocenters. The largest absolute Gasteiger partial charge is 0.146 e. The van der Waals surface area contributed by atoms with E-state index in [-0.39, 0.29) is 4.75 Å². The lowest BCUT2D eigenvalue weighted by molar-refractivity contribution is 0.807. The summed E-state index contributed by atoms with van der Waals surface area (Å²) in [7, 11) is -1.62. The van der Waals surface area contributed by atoms with Crippen LogP contribution in [-0.2, 0) is 0 Å². The van der Waals surface area contributed by atoms with Crippen molar-refractivity contribution in [2.75, 3.05) is 5.75 Å². The van der Waals surface area contributed by atoms with Gasteiger partial charge in [-0.25, -0.2) is 0 Å². The molecule has 0 aliphatic rings. The molecule has 24 heavy (non-hydrogen) atoms. The van der Waals surface area contributed by atoms with E-state index in [1.807, 2.05) is 23.5 Å². The summed E-state index contributed by atoms with van der Waals surface area (Å²) in [5, 5.41) is 0. The molecule has 0 aromatic rings. The first-order valence-electron chi connectivity index (χ1n) is 9.52. The molecule has 0 radical (unpaired) electrons. The zero-order valence-corrected chi connectivity index (χ0v) is 20.4.